The van der Waals surface area contributed by atoms with Crippen molar-refractivity contribution in [2.45, 2.75) is 54.5 Å². The predicted molar refractivity (Wildman–Crippen MR) is 104 cm³/mol. The van der Waals surface area contributed by atoms with E-state index in [1.807, 2.05) is 64.6 Å². The molecular formula is C20H33N3O2. The number of nitriles is 1. The van der Waals surface area contributed by atoms with E-state index in [-0.39, 0.29) is 5.57 Å². The molecule has 0 fully saturated rings. The van der Waals surface area contributed by atoms with Crippen molar-refractivity contribution in [3.63, 3.8) is 0 Å². The van der Waals surface area contributed by atoms with Crippen molar-refractivity contribution in [3.8, 4) is 6.07 Å². The first-order valence-corrected chi connectivity index (χ1v) is 9.02. The third-order valence-electron chi connectivity index (χ3n) is 3.19. The number of rotatable bonds is 3. The van der Waals surface area contributed by atoms with Crippen molar-refractivity contribution < 1.29 is 9.90 Å². The summed E-state index contributed by atoms with van der Waals surface area (Å²) >= 11 is 0. The first kappa shape index (κ1) is 24.9. The monoisotopic (exact) mass is 347 g/mol. The van der Waals surface area contributed by atoms with E-state index < -0.39 is 5.97 Å². The molecule has 0 saturated heterocycles. The van der Waals surface area contributed by atoms with Gasteiger partial charge in [0.2, 0.25) is 0 Å². The number of carbonyl (C=O) groups is 1. The lowest BCUT2D eigenvalue weighted by Crippen LogP contribution is -2.35. The van der Waals surface area contributed by atoms with Crippen molar-refractivity contribution in [3.05, 3.63) is 46.7 Å². The topological polar surface area (TPSA) is 90.4 Å². The van der Waals surface area contributed by atoms with Gasteiger partial charge in [0.1, 0.15) is 0 Å². The van der Waals surface area contributed by atoms with Crippen LogP contribution in [0.15, 0.2) is 35.5 Å². The molecular weight excluding hydrogens is 314 g/mol. The second kappa shape index (κ2) is 15.2. The SMILES string of the molecule is CC.CC.CC.N#Cc1cccc(CN2CCC(N)=C(C(=O)O)C2)c1. The van der Waals surface area contributed by atoms with E-state index >= 15 is 0 Å². The van der Waals surface area contributed by atoms with Crippen LogP contribution in [0.25, 0.3) is 0 Å². The lowest BCUT2D eigenvalue weighted by molar-refractivity contribution is -0.133. The Morgan fingerprint density at radius 2 is 1.84 bits per heavy atom. The van der Waals surface area contributed by atoms with Crippen LogP contribution in [-0.4, -0.2) is 29.1 Å². The maximum Gasteiger partial charge on any atom is 0.334 e. The number of benzene rings is 1. The Hall–Kier alpha value is -2.32. The maximum absolute atomic E-state index is 11.1. The van der Waals surface area contributed by atoms with Crippen LogP contribution in [0.3, 0.4) is 0 Å². The predicted octanol–water partition coefficient (Wildman–Crippen LogP) is 4.14. The molecule has 1 aliphatic rings. The van der Waals surface area contributed by atoms with Gasteiger partial charge in [-0.2, -0.15) is 5.26 Å². The second-order valence-electron chi connectivity index (χ2n) is 4.58. The number of carboxylic acid groups (broad SMARTS) is 1. The minimum Gasteiger partial charge on any atom is -0.478 e. The molecule has 1 aromatic carbocycles. The van der Waals surface area contributed by atoms with Crippen molar-refractivity contribution in [1.29, 1.82) is 5.26 Å². The molecule has 140 valence electrons. The highest BCUT2D eigenvalue weighted by Gasteiger charge is 2.21. The van der Waals surface area contributed by atoms with Crippen molar-refractivity contribution in [1.82, 2.24) is 4.90 Å². The Labute approximate surface area is 152 Å². The molecule has 3 N–H and O–H groups in total. The summed E-state index contributed by atoms with van der Waals surface area (Å²) in [7, 11) is 0. The summed E-state index contributed by atoms with van der Waals surface area (Å²) in [6, 6.07) is 9.44. The fourth-order valence-corrected chi connectivity index (χ4v) is 2.17. The number of nitrogens with two attached hydrogens (primary N) is 1. The normalized spacial score (nSPS) is 13.0. The quantitative estimate of drug-likeness (QED) is 0.857. The van der Waals surface area contributed by atoms with E-state index in [1.54, 1.807) is 6.07 Å². The van der Waals surface area contributed by atoms with E-state index in [0.717, 1.165) is 12.1 Å². The molecule has 2 rings (SSSR count). The van der Waals surface area contributed by atoms with E-state index in [4.69, 9.17) is 16.1 Å². The first-order valence-electron chi connectivity index (χ1n) is 9.02. The van der Waals surface area contributed by atoms with Gasteiger partial charge >= 0.3 is 5.97 Å². The van der Waals surface area contributed by atoms with Gasteiger partial charge in [-0.1, -0.05) is 53.7 Å². The van der Waals surface area contributed by atoms with Gasteiger partial charge in [0, 0.05) is 31.8 Å². The van der Waals surface area contributed by atoms with Crippen molar-refractivity contribution in [2.75, 3.05) is 13.1 Å². The molecule has 0 unspecified atom stereocenters. The molecule has 5 nitrogen and oxygen atoms in total. The fourth-order valence-electron chi connectivity index (χ4n) is 2.17. The summed E-state index contributed by atoms with van der Waals surface area (Å²) in [4.78, 5) is 13.1. The molecule has 0 radical (unpaired) electrons. The Morgan fingerprint density at radius 1 is 1.24 bits per heavy atom. The molecule has 0 spiro atoms. The molecule has 0 atom stereocenters. The summed E-state index contributed by atoms with van der Waals surface area (Å²) in [5.41, 5.74) is 8.08. The molecule has 0 amide bonds. The van der Waals surface area contributed by atoms with Crippen molar-refractivity contribution in [2.24, 2.45) is 5.73 Å². The molecule has 0 saturated carbocycles. The molecule has 1 aliphatic heterocycles. The number of aliphatic carboxylic acids is 1. The van der Waals surface area contributed by atoms with E-state index in [2.05, 4.69) is 6.07 Å². The molecule has 0 aromatic heterocycles. The number of hydrogen-bond acceptors (Lipinski definition) is 4. The van der Waals surface area contributed by atoms with Gasteiger partial charge in [-0.05, 0) is 17.7 Å². The van der Waals surface area contributed by atoms with Gasteiger partial charge < -0.3 is 10.8 Å². The summed E-state index contributed by atoms with van der Waals surface area (Å²) < 4.78 is 0. The zero-order valence-corrected chi connectivity index (χ0v) is 16.5. The van der Waals surface area contributed by atoms with Crippen LogP contribution < -0.4 is 5.73 Å². The van der Waals surface area contributed by atoms with Gasteiger partial charge in [-0.3, -0.25) is 4.90 Å². The van der Waals surface area contributed by atoms with E-state index in [1.165, 1.54) is 0 Å². The third-order valence-corrected chi connectivity index (χ3v) is 3.19. The maximum atomic E-state index is 11.1. The Morgan fingerprint density at radius 3 is 2.36 bits per heavy atom. The average Bonchev–Trinajstić information content (AvgIpc) is 2.68. The number of nitrogens with zero attached hydrogens (tertiary/aromatic N) is 2. The third kappa shape index (κ3) is 8.92. The zero-order chi connectivity index (χ0) is 19.8. The fraction of sp³-hybridized carbons (Fsp3) is 0.500. The van der Waals surface area contributed by atoms with Gasteiger partial charge in [0.15, 0.2) is 0 Å². The van der Waals surface area contributed by atoms with Crippen LogP contribution in [0, 0.1) is 11.3 Å². The Bertz CT molecular complexity index is 575. The van der Waals surface area contributed by atoms with Gasteiger partial charge in [0.05, 0.1) is 17.2 Å². The van der Waals surface area contributed by atoms with Crippen LogP contribution >= 0.6 is 0 Å². The Kier molecular flexibility index (Phi) is 15.2. The average molecular weight is 348 g/mol. The largest absolute Gasteiger partial charge is 0.478 e. The standard InChI is InChI=1S/C14H15N3O2.3C2H6/c15-7-10-2-1-3-11(6-10)8-17-5-4-13(16)12(9-17)14(18)19;3*1-2/h1-3,6H,4-5,8-9,16H2,(H,18,19);3*1-2H3. The van der Waals surface area contributed by atoms with E-state index in [9.17, 15) is 4.79 Å². The van der Waals surface area contributed by atoms with Crippen LogP contribution in [0.1, 0.15) is 59.1 Å². The molecule has 25 heavy (non-hydrogen) atoms. The first-order chi connectivity index (χ1) is 12.1. The summed E-state index contributed by atoms with van der Waals surface area (Å²) in [6.45, 7) is 13.7. The lowest BCUT2D eigenvalue weighted by atomic mass is 10.0. The molecule has 5 heteroatoms. The summed E-state index contributed by atoms with van der Waals surface area (Å²) in [5, 5.41) is 17.9. The van der Waals surface area contributed by atoms with Crippen molar-refractivity contribution >= 4 is 5.97 Å². The highest BCUT2D eigenvalue weighted by Crippen LogP contribution is 2.17. The molecule has 0 aliphatic carbocycles. The molecule has 1 heterocycles. The second-order valence-corrected chi connectivity index (χ2v) is 4.58. The number of hydrogen-bond donors (Lipinski definition) is 2. The summed E-state index contributed by atoms with van der Waals surface area (Å²) in [6.07, 6.45) is 0.569. The van der Waals surface area contributed by atoms with Gasteiger partial charge in [0.25, 0.3) is 0 Å². The van der Waals surface area contributed by atoms with Crippen LogP contribution in [-0.2, 0) is 11.3 Å². The van der Waals surface area contributed by atoms with Crippen LogP contribution in [0.5, 0.6) is 0 Å². The Balaban J connectivity index is 0. The highest BCUT2D eigenvalue weighted by molar-refractivity contribution is 5.88. The molecule has 1 aromatic rings. The minimum absolute atomic E-state index is 0.280. The van der Waals surface area contributed by atoms with Crippen LogP contribution in [0.2, 0.25) is 0 Å². The summed E-state index contributed by atoms with van der Waals surface area (Å²) in [5.74, 6) is -0.951. The molecule has 0 bridgehead atoms. The highest BCUT2D eigenvalue weighted by atomic mass is 16.4. The number of carboxylic acids is 1. The van der Waals surface area contributed by atoms with Gasteiger partial charge in [-0.25, -0.2) is 4.79 Å². The smallest absolute Gasteiger partial charge is 0.334 e. The van der Waals surface area contributed by atoms with Crippen LogP contribution in [0.4, 0.5) is 0 Å². The lowest BCUT2D eigenvalue weighted by Gasteiger charge is -2.27. The van der Waals surface area contributed by atoms with E-state index in [0.29, 0.717) is 30.8 Å². The zero-order valence-electron chi connectivity index (χ0n) is 16.5. The minimum atomic E-state index is -0.951. The van der Waals surface area contributed by atoms with Gasteiger partial charge in [-0.15, -0.1) is 0 Å².